The van der Waals surface area contributed by atoms with E-state index in [9.17, 15) is 4.39 Å². The predicted molar refractivity (Wildman–Crippen MR) is 64.4 cm³/mol. The van der Waals surface area contributed by atoms with E-state index in [1.165, 1.54) is 12.1 Å². The number of aromatic amines is 1. The third kappa shape index (κ3) is 2.33. The molecule has 90 valence electrons. The van der Waals surface area contributed by atoms with Crippen molar-refractivity contribution >= 4 is 10.9 Å². The Balaban J connectivity index is 1.80. The molecule has 0 aliphatic carbocycles. The molecular weight excluding hydrogens is 219 g/mol. The Bertz CT molecular complexity index is 517. The largest absolute Gasteiger partial charge is 0.379 e. The van der Waals surface area contributed by atoms with Crippen molar-refractivity contribution in [2.24, 2.45) is 0 Å². The minimum atomic E-state index is -0.197. The van der Waals surface area contributed by atoms with Gasteiger partial charge in [0, 0.05) is 30.8 Å². The van der Waals surface area contributed by atoms with Gasteiger partial charge >= 0.3 is 0 Å². The SMILES string of the molecule is Fc1ccc2cc(CN3CCOCC3)[nH]c2c1. The normalized spacial score (nSPS) is 17.7. The van der Waals surface area contributed by atoms with Crippen molar-refractivity contribution in [3.8, 4) is 0 Å². The molecule has 1 aromatic heterocycles. The summed E-state index contributed by atoms with van der Waals surface area (Å²) in [4.78, 5) is 5.60. The Morgan fingerprint density at radius 1 is 1.24 bits per heavy atom. The molecule has 1 aliphatic rings. The van der Waals surface area contributed by atoms with Crippen molar-refractivity contribution in [1.29, 1.82) is 0 Å². The standard InChI is InChI=1S/C13H15FN2O/c14-11-2-1-10-7-12(15-13(10)8-11)9-16-3-5-17-6-4-16/h1-2,7-8,15H,3-6,9H2. The van der Waals surface area contributed by atoms with Crippen LogP contribution in [-0.2, 0) is 11.3 Å². The molecule has 0 amide bonds. The summed E-state index contributed by atoms with van der Waals surface area (Å²) in [5, 5.41) is 1.06. The van der Waals surface area contributed by atoms with Crippen LogP contribution in [0, 0.1) is 5.82 Å². The number of aromatic nitrogens is 1. The van der Waals surface area contributed by atoms with Crippen molar-refractivity contribution < 1.29 is 9.13 Å². The molecule has 0 atom stereocenters. The number of H-pyrrole nitrogens is 1. The molecule has 1 fully saturated rings. The molecule has 2 aromatic rings. The molecular formula is C13H15FN2O. The Morgan fingerprint density at radius 2 is 2.06 bits per heavy atom. The summed E-state index contributed by atoms with van der Waals surface area (Å²) in [6.07, 6.45) is 0. The van der Waals surface area contributed by atoms with E-state index in [-0.39, 0.29) is 5.82 Å². The molecule has 3 nitrogen and oxygen atoms in total. The molecule has 0 spiro atoms. The first-order chi connectivity index (χ1) is 8.31. The van der Waals surface area contributed by atoms with Crippen LogP contribution in [0.4, 0.5) is 4.39 Å². The van der Waals surface area contributed by atoms with Gasteiger partial charge in [-0.15, -0.1) is 0 Å². The fourth-order valence-electron chi connectivity index (χ4n) is 2.24. The van der Waals surface area contributed by atoms with Crippen LogP contribution in [-0.4, -0.2) is 36.2 Å². The average Bonchev–Trinajstić information content (AvgIpc) is 2.71. The van der Waals surface area contributed by atoms with Gasteiger partial charge in [0.2, 0.25) is 0 Å². The summed E-state index contributed by atoms with van der Waals surface area (Å²) in [5.74, 6) is -0.197. The second kappa shape index (κ2) is 4.47. The molecule has 1 aromatic carbocycles. The Labute approximate surface area is 99.2 Å². The third-order valence-electron chi connectivity index (χ3n) is 3.14. The van der Waals surface area contributed by atoms with Gasteiger partial charge in [0.15, 0.2) is 0 Å². The van der Waals surface area contributed by atoms with Crippen LogP contribution in [0.5, 0.6) is 0 Å². The summed E-state index contributed by atoms with van der Waals surface area (Å²) in [6, 6.07) is 6.93. The number of hydrogen-bond acceptors (Lipinski definition) is 2. The van der Waals surface area contributed by atoms with E-state index in [0.717, 1.165) is 49.4 Å². The van der Waals surface area contributed by atoms with Crippen LogP contribution in [0.1, 0.15) is 5.69 Å². The number of nitrogens with zero attached hydrogens (tertiary/aromatic N) is 1. The molecule has 0 unspecified atom stereocenters. The van der Waals surface area contributed by atoms with Gasteiger partial charge in [0.1, 0.15) is 5.82 Å². The number of halogens is 1. The average molecular weight is 234 g/mol. The van der Waals surface area contributed by atoms with Crippen molar-refractivity contribution in [3.05, 3.63) is 35.8 Å². The van der Waals surface area contributed by atoms with Gasteiger partial charge in [0.25, 0.3) is 0 Å². The third-order valence-corrected chi connectivity index (χ3v) is 3.14. The summed E-state index contributed by atoms with van der Waals surface area (Å²) >= 11 is 0. The molecule has 4 heteroatoms. The summed E-state index contributed by atoms with van der Waals surface area (Å²) in [7, 11) is 0. The predicted octanol–water partition coefficient (Wildman–Crippen LogP) is 2.14. The zero-order valence-electron chi connectivity index (χ0n) is 9.58. The van der Waals surface area contributed by atoms with Gasteiger partial charge in [-0.3, -0.25) is 4.90 Å². The number of benzene rings is 1. The monoisotopic (exact) mass is 234 g/mol. The lowest BCUT2D eigenvalue weighted by atomic mass is 10.2. The first-order valence-electron chi connectivity index (χ1n) is 5.88. The van der Waals surface area contributed by atoms with Crippen LogP contribution in [0.25, 0.3) is 10.9 Å². The molecule has 2 heterocycles. The molecule has 1 aliphatic heterocycles. The van der Waals surface area contributed by atoms with Crippen molar-refractivity contribution in [2.75, 3.05) is 26.3 Å². The molecule has 3 rings (SSSR count). The quantitative estimate of drug-likeness (QED) is 0.862. The van der Waals surface area contributed by atoms with Gasteiger partial charge in [0.05, 0.1) is 13.2 Å². The number of hydrogen-bond donors (Lipinski definition) is 1. The number of ether oxygens (including phenoxy) is 1. The number of fused-ring (bicyclic) bond motifs is 1. The van der Waals surface area contributed by atoms with Gasteiger partial charge in [-0.2, -0.15) is 0 Å². The maximum Gasteiger partial charge on any atom is 0.125 e. The number of morpholine rings is 1. The first-order valence-corrected chi connectivity index (χ1v) is 5.88. The fourth-order valence-corrected chi connectivity index (χ4v) is 2.24. The van der Waals surface area contributed by atoms with Gasteiger partial charge < -0.3 is 9.72 Å². The van der Waals surface area contributed by atoms with Crippen LogP contribution in [0.3, 0.4) is 0 Å². The van der Waals surface area contributed by atoms with Crippen molar-refractivity contribution in [2.45, 2.75) is 6.54 Å². The molecule has 1 saturated heterocycles. The Hall–Kier alpha value is -1.39. The summed E-state index contributed by atoms with van der Waals surface area (Å²) < 4.78 is 18.4. The van der Waals surface area contributed by atoms with Crippen LogP contribution in [0.15, 0.2) is 24.3 Å². The van der Waals surface area contributed by atoms with Gasteiger partial charge in [-0.25, -0.2) is 4.39 Å². The van der Waals surface area contributed by atoms with Crippen molar-refractivity contribution in [1.82, 2.24) is 9.88 Å². The fraction of sp³-hybridized carbons (Fsp3) is 0.385. The second-order valence-electron chi connectivity index (χ2n) is 4.41. The van der Waals surface area contributed by atoms with Crippen LogP contribution in [0.2, 0.25) is 0 Å². The van der Waals surface area contributed by atoms with E-state index in [2.05, 4.69) is 16.0 Å². The van der Waals surface area contributed by atoms with E-state index in [1.54, 1.807) is 0 Å². The number of rotatable bonds is 2. The van der Waals surface area contributed by atoms with Gasteiger partial charge in [-0.1, -0.05) is 0 Å². The minimum Gasteiger partial charge on any atom is -0.379 e. The highest BCUT2D eigenvalue weighted by Crippen LogP contribution is 2.17. The van der Waals surface area contributed by atoms with E-state index in [0.29, 0.717) is 0 Å². The van der Waals surface area contributed by atoms with E-state index in [4.69, 9.17) is 4.74 Å². The number of nitrogens with one attached hydrogen (secondary N) is 1. The maximum absolute atomic E-state index is 13.1. The Morgan fingerprint density at radius 3 is 2.88 bits per heavy atom. The molecule has 17 heavy (non-hydrogen) atoms. The molecule has 0 saturated carbocycles. The lowest BCUT2D eigenvalue weighted by Crippen LogP contribution is -2.35. The van der Waals surface area contributed by atoms with Crippen LogP contribution < -0.4 is 0 Å². The maximum atomic E-state index is 13.1. The van der Waals surface area contributed by atoms with E-state index >= 15 is 0 Å². The zero-order valence-corrected chi connectivity index (χ0v) is 9.58. The second-order valence-corrected chi connectivity index (χ2v) is 4.41. The molecule has 0 bridgehead atoms. The highest BCUT2D eigenvalue weighted by atomic mass is 19.1. The minimum absolute atomic E-state index is 0.197. The lowest BCUT2D eigenvalue weighted by molar-refractivity contribution is 0.0337. The van der Waals surface area contributed by atoms with Crippen LogP contribution >= 0.6 is 0 Å². The van der Waals surface area contributed by atoms with E-state index < -0.39 is 0 Å². The molecule has 1 N–H and O–H groups in total. The zero-order chi connectivity index (χ0) is 11.7. The highest BCUT2D eigenvalue weighted by molar-refractivity contribution is 5.80. The van der Waals surface area contributed by atoms with E-state index in [1.807, 2.05) is 6.07 Å². The highest BCUT2D eigenvalue weighted by Gasteiger charge is 2.11. The lowest BCUT2D eigenvalue weighted by Gasteiger charge is -2.25. The van der Waals surface area contributed by atoms with Crippen molar-refractivity contribution in [3.63, 3.8) is 0 Å². The summed E-state index contributed by atoms with van der Waals surface area (Å²) in [5.41, 5.74) is 2.00. The van der Waals surface area contributed by atoms with Gasteiger partial charge in [-0.05, 0) is 29.7 Å². The Kier molecular flexibility index (Phi) is 2.82. The summed E-state index contributed by atoms with van der Waals surface area (Å²) in [6.45, 7) is 4.40. The topological polar surface area (TPSA) is 28.3 Å². The first kappa shape index (κ1) is 10.7. The smallest absolute Gasteiger partial charge is 0.125 e. The molecule has 0 radical (unpaired) electrons.